The van der Waals surface area contributed by atoms with Crippen molar-refractivity contribution < 1.29 is 0 Å². The number of rotatable bonds is 9. The van der Waals surface area contributed by atoms with Gasteiger partial charge < -0.3 is 5.32 Å². The number of hydrogen-bond acceptors (Lipinski definition) is 3. The fraction of sp³-hybridized carbons (Fsp3) is 0.381. The zero-order valence-electron chi connectivity index (χ0n) is 15.4. The first-order valence-electron chi connectivity index (χ1n) is 8.43. The van der Waals surface area contributed by atoms with Gasteiger partial charge in [-0.05, 0) is 82.5 Å². The molecule has 0 saturated heterocycles. The predicted octanol–water partition coefficient (Wildman–Crippen LogP) is 6.64. The standard InChI is InChI=1S/C21H30N2S/c1-7-16(3)21(24)18(5)17(4)10-8-9-13-23-19-12-11-15(2)14-20(19)22-6/h7,11-12,14,23-24H,4,6,8-10,13H2,1-3,5H3/b16-7-,21-18+. The first-order valence-corrected chi connectivity index (χ1v) is 8.88. The fourth-order valence-corrected chi connectivity index (χ4v) is 2.68. The Kier molecular flexibility index (Phi) is 8.62. The minimum absolute atomic E-state index is 0.916. The van der Waals surface area contributed by atoms with Crippen molar-refractivity contribution in [3.63, 3.8) is 0 Å². The molecule has 24 heavy (non-hydrogen) atoms. The van der Waals surface area contributed by atoms with E-state index in [1.807, 2.05) is 13.0 Å². The van der Waals surface area contributed by atoms with Crippen LogP contribution in [-0.4, -0.2) is 13.3 Å². The highest BCUT2D eigenvalue weighted by atomic mass is 32.1. The Bertz CT molecular complexity index is 654. The Morgan fingerprint density at radius 1 is 1.29 bits per heavy atom. The molecule has 0 aliphatic heterocycles. The van der Waals surface area contributed by atoms with Crippen LogP contribution in [-0.2, 0) is 0 Å². The van der Waals surface area contributed by atoms with Crippen molar-refractivity contribution in [2.24, 2.45) is 4.99 Å². The summed E-state index contributed by atoms with van der Waals surface area (Å²) in [7, 11) is 0. The molecule has 1 N–H and O–H groups in total. The van der Waals surface area contributed by atoms with Gasteiger partial charge in [0, 0.05) is 11.4 Å². The molecule has 2 nitrogen and oxygen atoms in total. The third-order valence-corrected chi connectivity index (χ3v) is 4.92. The SMILES string of the molecule is C=Nc1cc(C)ccc1NCCCCC(=C)/C(C)=C(S)\C(C)=C/C. The first-order chi connectivity index (χ1) is 11.4. The summed E-state index contributed by atoms with van der Waals surface area (Å²) in [5, 5.41) is 3.44. The summed E-state index contributed by atoms with van der Waals surface area (Å²) in [6.45, 7) is 17.0. The van der Waals surface area contributed by atoms with Gasteiger partial charge in [-0.25, -0.2) is 0 Å². The van der Waals surface area contributed by atoms with Gasteiger partial charge in [-0.3, -0.25) is 4.99 Å². The van der Waals surface area contributed by atoms with Crippen LogP contribution in [0.4, 0.5) is 11.4 Å². The lowest BCUT2D eigenvalue weighted by atomic mass is 10.0. The van der Waals surface area contributed by atoms with Crippen molar-refractivity contribution in [3.8, 4) is 0 Å². The van der Waals surface area contributed by atoms with Crippen molar-refractivity contribution in [3.05, 3.63) is 58.0 Å². The molecule has 1 aromatic rings. The maximum Gasteiger partial charge on any atom is 0.0856 e. The van der Waals surface area contributed by atoms with Crippen LogP contribution < -0.4 is 5.32 Å². The Labute approximate surface area is 152 Å². The second-order valence-corrected chi connectivity index (χ2v) is 6.56. The Morgan fingerprint density at radius 3 is 2.62 bits per heavy atom. The normalized spacial score (nSPS) is 12.6. The molecule has 0 aliphatic carbocycles. The zero-order valence-corrected chi connectivity index (χ0v) is 16.3. The van der Waals surface area contributed by atoms with Gasteiger partial charge in [0.05, 0.1) is 11.4 Å². The summed E-state index contributed by atoms with van der Waals surface area (Å²) < 4.78 is 0. The van der Waals surface area contributed by atoms with Crippen molar-refractivity contribution in [2.45, 2.75) is 47.0 Å². The van der Waals surface area contributed by atoms with E-state index in [2.05, 4.69) is 75.2 Å². The van der Waals surface area contributed by atoms with Crippen LogP contribution >= 0.6 is 12.6 Å². The van der Waals surface area contributed by atoms with Crippen LogP contribution in [0, 0.1) is 6.92 Å². The molecule has 0 saturated carbocycles. The molecular weight excluding hydrogens is 312 g/mol. The van der Waals surface area contributed by atoms with E-state index in [1.54, 1.807) is 0 Å². The maximum absolute atomic E-state index is 4.60. The first kappa shape index (κ1) is 20.3. The van der Waals surface area contributed by atoms with E-state index in [0.29, 0.717) is 0 Å². The van der Waals surface area contributed by atoms with Crippen LogP contribution in [0.5, 0.6) is 0 Å². The molecule has 130 valence electrons. The summed E-state index contributed by atoms with van der Waals surface area (Å²) in [5.74, 6) is 0. The predicted molar refractivity (Wildman–Crippen MR) is 113 cm³/mol. The largest absolute Gasteiger partial charge is 0.383 e. The summed E-state index contributed by atoms with van der Waals surface area (Å²) in [6, 6.07) is 6.20. The second-order valence-electron chi connectivity index (χ2n) is 6.11. The van der Waals surface area contributed by atoms with Crippen LogP contribution in [0.25, 0.3) is 0 Å². The Morgan fingerprint density at radius 2 is 2.00 bits per heavy atom. The summed E-state index contributed by atoms with van der Waals surface area (Å²) in [5.41, 5.74) is 6.72. The molecule has 1 aromatic carbocycles. The van der Waals surface area contributed by atoms with E-state index >= 15 is 0 Å². The number of aryl methyl sites for hydroxylation is 1. The molecular formula is C21H30N2S. The van der Waals surface area contributed by atoms with Crippen LogP contribution in [0.15, 0.2) is 57.5 Å². The number of unbranched alkanes of at least 4 members (excludes halogenated alkanes) is 1. The molecule has 0 heterocycles. The molecule has 0 spiro atoms. The van der Waals surface area contributed by atoms with Gasteiger partial charge in [-0.1, -0.05) is 24.3 Å². The van der Waals surface area contributed by atoms with Crippen LogP contribution in [0.2, 0.25) is 0 Å². The quantitative estimate of drug-likeness (QED) is 0.224. The van der Waals surface area contributed by atoms with Crippen molar-refractivity contribution >= 4 is 30.7 Å². The molecule has 1 rings (SSSR count). The van der Waals surface area contributed by atoms with E-state index in [1.165, 1.54) is 22.3 Å². The maximum atomic E-state index is 4.60. The zero-order chi connectivity index (χ0) is 18.1. The van der Waals surface area contributed by atoms with Gasteiger partial charge in [0.25, 0.3) is 0 Å². The number of anilines is 1. The molecule has 0 amide bonds. The van der Waals surface area contributed by atoms with E-state index < -0.39 is 0 Å². The lowest BCUT2D eigenvalue weighted by molar-refractivity contribution is 0.761. The van der Waals surface area contributed by atoms with Gasteiger partial charge in [0.2, 0.25) is 0 Å². The summed E-state index contributed by atoms with van der Waals surface area (Å²) in [6.07, 6.45) is 5.26. The number of benzene rings is 1. The molecule has 3 heteroatoms. The Balaban J connectivity index is 2.44. The van der Waals surface area contributed by atoms with E-state index in [9.17, 15) is 0 Å². The third kappa shape index (κ3) is 6.04. The third-order valence-electron chi connectivity index (χ3n) is 4.24. The fourth-order valence-electron chi connectivity index (χ4n) is 2.40. The molecule has 0 fully saturated rings. The molecule has 0 aromatic heterocycles. The van der Waals surface area contributed by atoms with Gasteiger partial charge in [-0.2, -0.15) is 0 Å². The molecule has 0 bridgehead atoms. The highest BCUT2D eigenvalue weighted by Crippen LogP contribution is 2.27. The minimum Gasteiger partial charge on any atom is -0.383 e. The van der Waals surface area contributed by atoms with E-state index in [4.69, 9.17) is 0 Å². The van der Waals surface area contributed by atoms with Gasteiger partial charge >= 0.3 is 0 Å². The molecule has 0 unspecified atom stereocenters. The Hall–Kier alpha value is -1.74. The minimum atomic E-state index is 0.916. The lowest BCUT2D eigenvalue weighted by Crippen LogP contribution is -2.02. The molecule has 0 radical (unpaired) electrons. The van der Waals surface area contributed by atoms with Gasteiger partial charge in [-0.15, -0.1) is 12.6 Å². The number of hydrogen-bond donors (Lipinski definition) is 2. The van der Waals surface area contributed by atoms with Gasteiger partial charge in [0.15, 0.2) is 0 Å². The van der Waals surface area contributed by atoms with Crippen molar-refractivity contribution in [2.75, 3.05) is 11.9 Å². The smallest absolute Gasteiger partial charge is 0.0856 e. The number of nitrogens with zero attached hydrogens (tertiary/aromatic N) is 1. The number of allylic oxidation sites excluding steroid dienone is 4. The number of thiol groups is 1. The lowest BCUT2D eigenvalue weighted by Gasteiger charge is -2.12. The summed E-state index contributed by atoms with van der Waals surface area (Å²) in [4.78, 5) is 5.12. The molecule has 0 atom stereocenters. The number of aliphatic imine (C=N–C) groups is 1. The van der Waals surface area contributed by atoms with Gasteiger partial charge in [0.1, 0.15) is 0 Å². The van der Waals surface area contributed by atoms with Crippen LogP contribution in [0.3, 0.4) is 0 Å². The van der Waals surface area contributed by atoms with E-state index in [0.717, 1.165) is 42.1 Å². The van der Waals surface area contributed by atoms with Crippen molar-refractivity contribution in [1.82, 2.24) is 0 Å². The highest BCUT2D eigenvalue weighted by Gasteiger charge is 2.05. The average molecular weight is 343 g/mol. The molecule has 0 aliphatic rings. The monoisotopic (exact) mass is 342 g/mol. The van der Waals surface area contributed by atoms with Crippen LogP contribution in [0.1, 0.15) is 45.6 Å². The van der Waals surface area contributed by atoms with Crippen molar-refractivity contribution in [1.29, 1.82) is 0 Å². The average Bonchev–Trinajstić information content (AvgIpc) is 2.59. The highest BCUT2D eigenvalue weighted by molar-refractivity contribution is 7.84. The second kappa shape index (κ2) is 10.2. The summed E-state index contributed by atoms with van der Waals surface area (Å²) >= 11 is 4.60. The number of nitrogens with one attached hydrogen (secondary N) is 1. The van der Waals surface area contributed by atoms with E-state index in [-0.39, 0.29) is 0 Å². The topological polar surface area (TPSA) is 24.4 Å².